The number of carbonyl (C=O) groups is 3. The van der Waals surface area contributed by atoms with Gasteiger partial charge < -0.3 is 14.2 Å². The van der Waals surface area contributed by atoms with Gasteiger partial charge in [0.1, 0.15) is 13.2 Å². The standard InChI is InChI=1S/C72H120O6/c1-4-7-10-13-16-19-22-24-26-28-29-30-31-32-33-34-35-36-37-38-39-40-41-42-43-44-46-47-50-53-56-59-62-65-71(74)77-68-69(67-76-70(73)64-61-58-55-52-49-21-18-15-12-9-6-3)78-72(75)66-63-60-57-54-51-48-45-27-25-23-20-17-14-11-8-5-2/h7,10,15-16,18-19,24,26-27,29-30,32-33,35-36,38-39,41-42,45,69H,4-6,8-9,11-14,17,20-23,25,28,31,34,37,40,43-44,46-68H2,1-3H3/b10-7-,18-15-,19-16-,26-24-,30-29-,33-32-,36-35-,39-38-,42-41-,45-27-. The Morgan fingerprint density at radius 1 is 0.269 bits per heavy atom. The van der Waals surface area contributed by atoms with Gasteiger partial charge in [0.15, 0.2) is 6.10 Å². The third kappa shape index (κ3) is 62.7. The van der Waals surface area contributed by atoms with Gasteiger partial charge in [-0.3, -0.25) is 14.4 Å². The third-order valence-corrected chi connectivity index (χ3v) is 13.7. The lowest BCUT2D eigenvalue weighted by Gasteiger charge is -2.18. The minimum atomic E-state index is -0.791. The van der Waals surface area contributed by atoms with Gasteiger partial charge in [0.25, 0.3) is 0 Å². The van der Waals surface area contributed by atoms with Crippen LogP contribution in [-0.2, 0) is 28.6 Å². The maximum Gasteiger partial charge on any atom is 0.306 e. The first kappa shape index (κ1) is 73.8. The van der Waals surface area contributed by atoms with Gasteiger partial charge in [0, 0.05) is 19.3 Å². The molecule has 0 aromatic heterocycles. The fourth-order valence-corrected chi connectivity index (χ4v) is 8.79. The smallest absolute Gasteiger partial charge is 0.306 e. The second-order valence-corrected chi connectivity index (χ2v) is 21.3. The van der Waals surface area contributed by atoms with Crippen molar-refractivity contribution in [3.05, 3.63) is 122 Å². The zero-order chi connectivity index (χ0) is 56.4. The number of hydrogen-bond acceptors (Lipinski definition) is 6. The summed E-state index contributed by atoms with van der Waals surface area (Å²) in [6.45, 7) is 6.47. The van der Waals surface area contributed by atoms with Crippen molar-refractivity contribution in [3.63, 3.8) is 0 Å². The molecular weight excluding hydrogens is 961 g/mol. The predicted octanol–water partition coefficient (Wildman–Crippen LogP) is 22.4. The van der Waals surface area contributed by atoms with Crippen molar-refractivity contribution in [2.24, 2.45) is 0 Å². The summed E-state index contributed by atoms with van der Waals surface area (Å²) < 4.78 is 16.9. The van der Waals surface area contributed by atoms with E-state index in [1.807, 2.05) is 0 Å². The Morgan fingerprint density at radius 2 is 0.513 bits per heavy atom. The topological polar surface area (TPSA) is 78.9 Å². The van der Waals surface area contributed by atoms with Gasteiger partial charge in [-0.2, -0.15) is 0 Å². The lowest BCUT2D eigenvalue weighted by molar-refractivity contribution is -0.167. The quantitative estimate of drug-likeness (QED) is 0.0261. The molecule has 0 saturated carbocycles. The summed E-state index contributed by atoms with van der Waals surface area (Å²) in [5.74, 6) is -0.911. The maximum atomic E-state index is 12.9. The van der Waals surface area contributed by atoms with Gasteiger partial charge in [-0.15, -0.1) is 0 Å². The Hall–Kier alpha value is -4.19. The summed E-state index contributed by atoms with van der Waals surface area (Å²) in [7, 11) is 0. The van der Waals surface area contributed by atoms with Crippen LogP contribution in [-0.4, -0.2) is 37.2 Å². The van der Waals surface area contributed by atoms with E-state index in [2.05, 4.69) is 142 Å². The molecule has 0 rings (SSSR count). The van der Waals surface area contributed by atoms with Crippen LogP contribution in [0.4, 0.5) is 0 Å². The van der Waals surface area contributed by atoms with E-state index < -0.39 is 6.10 Å². The van der Waals surface area contributed by atoms with Crippen molar-refractivity contribution in [1.82, 2.24) is 0 Å². The van der Waals surface area contributed by atoms with E-state index in [-0.39, 0.29) is 31.1 Å². The Kier molecular flexibility index (Phi) is 61.8. The normalized spacial score (nSPS) is 12.9. The molecular formula is C72H120O6. The molecule has 0 radical (unpaired) electrons. The zero-order valence-corrected chi connectivity index (χ0v) is 50.9. The minimum Gasteiger partial charge on any atom is -0.462 e. The van der Waals surface area contributed by atoms with Gasteiger partial charge in [0.2, 0.25) is 0 Å². The SMILES string of the molecule is CC/C=C\C/C=C\C/C=C\C/C=C\C/C=C\C/C=C\C/C=C\C/C=C\CCCCCCCCCCC(=O)OCC(COC(=O)CCCCCCC/C=C\CCCC)OC(=O)CCCCCCC/C=C\CCCCCCCCC. The fraction of sp³-hybridized carbons (Fsp3) is 0.681. The van der Waals surface area contributed by atoms with E-state index in [1.165, 1.54) is 122 Å². The van der Waals surface area contributed by atoms with Gasteiger partial charge in [-0.1, -0.05) is 271 Å². The van der Waals surface area contributed by atoms with E-state index >= 15 is 0 Å². The molecule has 6 nitrogen and oxygen atoms in total. The van der Waals surface area contributed by atoms with Crippen LogP contribution in [0, 0.1) is 0 Å². The Bertz CT molecular complexity index is 1620. The predicted molar refractivity (Wildman–Crippen MR) is 339 cm³/mol. The highest BCUT2D eigenvalue weighted by molar-refractivity contribution is 5.71. The second-order valence-electron chi connectivity index (χ2n) is 21.3. The molecule has 0 aliphatic rings. The largest absolute Gasteiger partial charge is 0.462 e. The molecule has 1 unspecified atom stereocenters. The summed E-state index contributed by atoms with van der Waals surface area (Å²) in [6, 6.07) is 0. The molecule has 444 valence electrons. The highest BCUT2D eigenvalue weighted by atomic mass is 16.6. The molecule has 0 aromatic carbocycles. The van der Waals surface area contributed by atoms with E-state index in [0.29, 0.717) is 19.3 Å². The first-order valence-electron chi connectivity index (χ1n) is 32.5. The first-order valence-corrected chi connectivity index (χ1v) is 32.5. The van der Waals surface area contributed by atoms with Crippen LogP contribution >= 0.6 is 0 Å². The molecule has 6 heteroatoms. The number of carbonyl (C=O) groups excluding carboxylic acids is 3. The first-order chi connectivity index (χ1) is 38.5. The van der Waals surface area contributed by atoms with Crippen molar-refractivity contribution in [2.45, 2.75) is 303 Å². The van der Waals surface area contributed by atoms with Crippen LogP contribution in [0.1, 0.15) is 297 Å². The van der Waals surface area contributed by atoms with Crippen LogP contribution in [0.2, 0.25) is 0 Å². The molecule has 0 bridgehead atoms. The number of hydrogen-bond donors (Lipinski definition) is 0. The van der Waals surface area contributed by atoms with Crippen LogP contribution < -0.4 is 0 Å². The highest BCUT2D eigenvalue weighted by Gasteiger charge is 2.19. The van der Waals surface area contributed by atoms with Gasteiger partial charge in [0.05, 0.1) is 0 Å². The van der Waals surface area contributed by atoms with Gasteiger partial charge >= 0.3 is 17.9 Å². The molecule has 1 atom stereocenters. The summed E-state index contributed by atoms with van der Waals surface area (Å²) in [4.78, 5) is 38.2. The number of allylic oxidation sites excluding steroid dienone is 20. The second kappa shape index (κ2) is 65.3. The molecule has 0 amide bonds. The maximum absolute atomic E-state index is 12.9. The summed E-state index contributed by atoms with van der Waals surface area (Å²) in [6.07, 6.45) is 90.7. The van der Waals surface area contributed by atoms with E-state index in [1.54, 1.807) is 0 Å². The van der Waals surface area contributed by atoms with Crippen LogP contribution in [0.5, 0.6) is 0 Å². The molecule has 0 heterocycles. The van der Waals surface area contributed by atoms with E-state index in [0.717, 1.165) is 135 Å². The van der Waals surface area contributed by atoms with Crippen molar-refractivity contribution in [3.8, 4) is 0 Å². The Labute approximate surface area is 482 Å². The lowest BCUT2D eigenvalue weighted by atomic mass is 10.1. The number of ether oxygens (including phenoxy) is 3. The summed E-state index contributed by atoms with van der Waals surface area (Å²) in [5.41, 5.74) is 0. The van der Waals surface area contributed by atoms with Crippen molar-refractivity contribution in [1.29, 1.82) is 0 Å². The molecule has 0 aliphatic heterocycles. The summed E-state index contributed by atoms with van der Waals surface area (Å²) in [5, 5.41) is 0. The number of esters is 3. The third-order valence-electron chi connectivity index (χ3n) is 13.7. The summed E-state index contributed by atoms with van der Waals surface area (Å²) >= 11 is 0. The van der Waals surface area contributed by atoms with Crippen molar-refractivity contribution >= 4 is 17.9 Å². The number of unbranched alkanes of at least 4 members (excludes halogenated alkanes) is 27. The van der Waals surface area contributed by atoms with Gasteiger partial charge in [-0.25, -0.2) is 0 Å². The van der Waals surface area contributed by atoms with Crippen LogP contribution in [0.25, 0.3) is 0 Å². The minimum absolute atomic E-state index is 0.0886. The molecule has 0 saturated heterocycles. The molecule has 0 N–H and O–H groups in total. The fourth-order valence-electron chi connectivity index (χ4n) is 8.79. The highest BCUT2D eigenvalue weighted by Crippen LogP contribution is 2.15. The van der Waals surface area contributed by atoms with E-state index in [4.69, 9.17) is 14.2 Å². The average molecular weight is 1080 g/mol. The van der Waals surface area contributed by atoms with Crippen LogP contribution in [0.15, 0.2) is 122 Å². The average Bonchev–Trinajstić information content (AvgIpc) is 3.44. The monoisotopic (exact) mass is 1080 g/mol. The Morgan fingerprint density at radius 3 is 0.833 bits per heavy atom. The zero-order valence-electron chi connectivity index (χ0n) is 50.9. The number of rotatable bonds is 58. The molecule has 0 spiro atoms. The molecule has 0 fully saturated rings. The van der Waals surface area contributed by atoms with Gasteiger partial charge in [-0.05, 0) is 128 Å². The lowest BCUT2D eigenvalue weighted by Crippen LogP contribution is -2.30. The van der Waals surface area contributed by atoms with E-state index in [9.17, 15) is 14.4 Å². The Balaban J connectivity index is 4.25. The van der Waals surface area contributed by atoms with Crippen LogP contribution in [0.3, 0.4) is 0 Å². The molecule has 78 heavy (non-hydrogen) atoms. The van der Waals surface area contributed by atoms with Crippen molar-refractivity contribution in [2.75, 3.05) is 13.2 Å². The molecule has 0 aromatic rings. The van der Waals surface area contributed by atoms with Crippen molar-refractivity contribution < 1.29 is 28.6 Å². The molecule has 0 aliphatic carbocycles.